The predicted molar refractivity (Wildman–Crippen MR) is 54.7 cm³/mol. The number of nitrogens with zero attached hydrogens (tertiary/aromatic N) is 1. The lowest BCUT2D eigenvalue weighted by atomic mass is 9.83. The second-order valence-electron chi connectivity index (χ2n) is 4.03. The Kier molecular flexibility index (Phi) is 2.71. The van der Waals surface area contributed by atoms with Crippen molar-refractivity contribution in [3.63, 3.8) is 0 Å². The molecular formula is C11H19N. The molecule has 0 amide bonds. The summed E-state index contributed by atoms with van der Waals surface area (Å²) >= 11 is 0. The monoisotopic (exact) mass is 165 g/mol. The van der Waals surface area contributed by atoms with Gasteiger partial charge in [-0.15, -0.1) is 0 Å². The van der Waals surface area contributed by atoms with Gasteiger partial charge >= 0.3 is 0 Å². The van der Waals surface area contributed by atoms with Gasteiger partial charge in [0.15, 0.2) is 0 Å². The number of allylic oxidation sites excluding steroid dienone is 1. The highest BCUT2D eigenvalue weighted by molar-refractivity contribution is 6.02. The number of hydrogen-bond acceptors (Lipinski definition) is 1. The fraction of sp³-hybridized carbons (Fsp3) is 0.727. The largest absolute Gasteiger partial charge is 0.289 e. The van der Waals surface area contributed by atoms with Crippen LogP contribution in [-0.4, -0.2) is 12.3 Å². The highest BCUT2D eigenvalue weighted by Gasteiger charge is 2.30. The molecule has 1 rings (SSSR count). The van der Waals surface area contributed by atoms with Gasteiger partial charge in [0.2, 0.25) is 0 Å². The molecule has 12 heavy (non-hydrogen) atoms. The van der Waals surface area contributed by atoms with Gasteiger partial charge in [-0.1, -0.05) is 33.8 Å². The maximum Gasteiger partial charge on any atom is 0.0484 e. The molecule has 0 aromatic rings. The molecule has 1 aliphatic rings. The molecular weight excluding hydrogens is 146 g/mol. The van der Waals surface area contributed by atoms with Crippen LogP contribution in [0.4, 0.5) is 0 Å². The van der Waals surface area contributed by atoms with Gasteiger partial charge in [-0.3, -0.25) is 4.99 Å². The van der Waals surface area contributed by atoms with E-state index in [0.717, 1.165) is 19.4 Å². The molecule has 68 valence electrons. The average Bonchev–Trinajstić information content (AvgIpc) is 2.29. The lowest BCUT2D eigenvalue weighted by Crippen LogP contribution is -2.16. The van der Waals surface area contributed by atoms with Gasteiger partial charge in [0.1, 0.15) is 0 Å². The topological polar surface area (TPSA) is 12.4 Å². The first-order valence-electron chi connectivity index (χ1n) is 4.86. The summed E-state index contributed by atoms with van der Waals surface area (Å²) in [5.41, 5.74) is 3.09. The van der Waals surface area contributed by atoms with Crippen LogP contribution in [0.15, 0.2) is 16.6 Å². The summed E-state index contributed by atoms with van der Waals surface area (Å²) in [6, 6.07) is 0. The van der Waals surface area contributed by atoms with E-state index in [9.17, 15) is 0 Å². The molecule has 0 atom stereocenters. The van der Waals surface area contributed by atoms with Crippen LogP contribution in [0.5, 0.6) is 0 Å². The minimum absolute atomic E-state index is 0.293. The molecule has 1 heteroatoms. The molecule has 0 saturated heterocycles. The van der Waals surface area contributed by atoms with Gasteiger partial charge < -0.3 is 0 Å². The zero-order valence-electron chi connectivity index (χ0n) is 8.65. The van der Waals surface area contributed by atoms with Gasteiger partial charge in [-0.25, -0.2) is 0 Å². The Morgan fingerprint density at radius 3 is 2.58 bits per heavy atom. The van der Waals surface area contributed by atoms with E-state index in [1.807, 2.05) is 0 Å². The van der Waals surface area contributed by atoms with Crippen LogP contribution < -0.4 is 0 Å². The van der Waals surface area contributed by atoms with Gasteiger partial charge in [-0.05, 0) is 18.4 Å². The van der Waals surface area contributed by atoms with E-state index in [2.05, 4.69) is 38.8 Å². The summed E-state index contributed by atoms with van der Waals surface area (Å²) in [5.74, 6) is 0. The van der Waals surface area contributed by atoms with Crippen LogP contribution in [0.1, 0.15) is 40.5 Å². The quantitative estimate of drug-likeness (QED) is 0.595. The molecule has 0 fully saturated rings. The third kappa shape index (κ3) is 1.60. The molecule has 0 spiro atoms. The molecule has 0 unspecified atom stereocenters. The second-order valence-corrected chi connectivity index (χ2v) is 4.03. The summed E-state index contributed by atoms with van der Waals surface area (Å²) < 4.78 is 0. The molecule has 0 aliphatic carbocycles. The van der Waals surface area contributed by atoms with Crippen LogP contribution in [-0.2, 0) is 0 Å². The Bertz CT molecular complexity index is 221. The van der Waals surface area contributed by atoms with Crippen molar-refractivity contribution in [2.75, 3.05) is 6.54 Å². The minimum atomic E-state index is 0.293. The molecule has 0 N–H and O–H groups in total. The van der Waals surface area contributed by atoms with E-state index in [1.165, 1.54) is 11.3 Å². The van der Waals surface area contributed by atoms with Crippen LogP contribution in [0, 0.1) is 5.41 Å². The Balaban J connectivity index is 2.90. The highest BCUT2D eigenvalue weighted by atomic mass is 14.8. The Labute approximate surface area is 75.6 Å². The molecule has 0 radical (unpaired) electrons. The lowest BCUT2D eigenvalue weighted by Gasteiger charge is -2.19. The smallest absolute Gasteiger partial charge is 0.0484 e. The zero-order chi connectivity index (χ0) is 9.19. The maximum absolute atomic E-state index is 4.56. The van der Waals surface area contributed by atoms with E-state index in [4.69, 9.17) is 0 Å². The summed E-state index contributed by atoms with van der Waals surface area (Å²) in [7, 11) is 0. The summed E-state index contributed by atoms with van der Waals surface area (Å²) in [4.78, 5) is 4.56. The van der Waals surface area contributed by atoms with Crippen molar-refractivity contribution in [2.24, 2.45) is 10.4 Å². The van der Waals surface area contributed by atoms with E-state index < -0.39 is 0 Å². The van der Waals surface area contributed by atoms with Crippen molar-refractivity contribution in [2.45, 2.75) is 40.5 Å². The summed E-state index contributed by atoms with van der Waals surface area (Å²) in [5, 5.41) is 0. The fourth-order valence-corrected chi connectivity index (χ4v) is 1.75. The van der Waals surface area contributed by atoms with E-state index in [-0.39, 0.29) is 0 Å². The van der Waals surface area contributed by atoms with Crippen molar-refractivity contribution in [1.29, 1.82) is 0 Å². The first kappa shape index (κ1) is 9.50. The molecule has 0 aromatic carbocycles. The van der Waals surface area contributed by atoms with Gasteiger partial charge in [0, 0.05) is 17.7 Å². The lowest BCUT2D eigenvalue weighted by molar-refractivity contribution is 0.498. The number of hydrogen-bond donors (Lipinski definition) is 0. The van der Waals surface area contributed by atoms with Gasteiger partial charge in [0.25, 0.3) is 0 Å². The fourth-order valence-electron chi connectivity index (χ4n) is 1.75. The van der Waals surface area contributed by atoms with Crippen LogP contribution in [0.3, 0.4) is 0 Å². The maximum atomic E-state index is 4.56. The third-order valence-corrected chi connectivity index (χ3v) is 2.45. The Morgan fingerprint density at radius 1 is 1.42 bits per heavy atom. The summed E-state index contributed by atoms with van der Waals surface area (Å²) in [6.07, 6.45) is 4.53. The Morgan fingerprint density at radius 2 is 2.08 bits per heavy atom. The van der Waals surface area contributed by atoms with Crippen molar-refractivity contribution in [3.05, 3.63) is 11.6 Å². The molecule has 0 bridgehead atoms. The predicted octanol–water partition coefficient (Wildman–Crippen LogP) is 3.21. The molecule has 0 aromatic heterocycles. The van der Waals surface area contributed by atoms with Crippen LogP contribution in [0.2, 0.25) is 0 Å². The van der Waals surface area contributed by atoms with Crippen molar-refractivity contribution in [3.8, 4) is 0 Å². The molecule has 1 heterocycles. The molecule has 0 saturated carbocycles. The Hall–Kier alpha value is -0.590. The van der Waals surface area contributed by atoms with Crippen molar-refractivity contribution >= 4 is 5.71 Å². The number of aliphatic imine (C=N–C) groups is 1. The SMILES string of the molecule is CC/C=C1\C(CC)=NCC1(C)C. The van der Waals surface area contributed by atoms with E-state index >= 15 is 0 Å². The average molecular weight is 165 g/mol. The highest BCUT2D eigenvalue weighted by Crippen LogP contribution is 2.34. The second kappa shape index (κ2) is 3.42. The summed E-state index contributed by atoms with van der Waals surface area (Å²) in [6.45, 7) is 9.90. The third-order valence-electron chi connectivity index (χ3n) is 2.45. The molecule has 1 nitrogen and oxygen atoms in total. The van der Waals surface area contributed by atoms with Crippen LogP contribution >= 0.6 is 0 Å². The minimum Gasteiger partial charge on any atom is -0.289 e. The van der Waals surface area contributed by atoms with Crippen LogP contribution in [0.25, 0.3) is 0 Å². The molecule has 1 aliphatic heterocycles. The normalized spacial score (nSPS) is 24.7. The van der Waals surface area contributed by atoms with Gasteiger partial charge in [0.05, 0.1) is 0 Å². The number of rotatable bonds is 2. The first-order valence-corrected chi connectivity index (χ1v) is 4.86. The first-order chi connectivity index (χ1) is 5.61. The zero-order valence-corrected chi connectivity index (χ0v) is 8.65. The van der Waals surface area contributed by atoms with E-state index in [1.54, 1.807) is 0 Å². The van der Waals surface area contributed by atoms with E-state index in [0.29, 0.717) is 5.41 Å². The van der Waals surface area contributed by atoms with Crippen molar-refractivity contribution < 1.29 is 0 Å². The van der Waals surface area contributed by atoms with Crippen molar-refractivity contribution in [1.82, 2.24) is 0 Å². The van der Waals surface area contributed by atoms with Gasteiger partial charge in [-0.2, -0.15) is 0 Å². The standard InChI is InChI=1S/C11H19N/c1-5-7-9-10(6-2)12-8-11(9,3)4/h7H,5-6,8H2,1-4H3/b9-7+.